The second-order valence-corrected chi connectivity index (χ2v) is 6.62. The summed E-state index contributed by atoms with van der Waals surface area (Å²) in [5.74, 6) is 1.69. The first-order valence-electron chi connectivity index (χ1n) is 8.92. The zero-order valence-corrected chi connectivity index (χ0v) is 14.5. The van der Waals surface area contributed by atoms with E-state index in [4.69, 9.17) is 4.74 Å². The smallest absolute Gasteiger partial charge is 0.213 e. The van der Waals surface area contributed by atoms with E-state index in [0.717, 1.165) is 42.3 Å². The summed E-state index contributed by atoms with van der Waals surface area (Å²) in [5.41, 5.74) is 2.86. The Labute approximate surface area is 143 Å². The van der Waals surface area contributed by atoms with Crippen molar-refractivity contribution in [2.75, 3.05) is 6.61 Å². The molecule has 0 bridgehead atoms. The first-order valence-corrected chi connectivity index (χ1v) is 8.92. The van der Waals surface area contributed by atoms with Gasteiger partial charge in [0.25, 0.3) is 0 Å². The number of hydrogen-bond acceptors (Lipinski definition) is 4. The Morgan fingerprint density at radius 3 is 2.75 bits per heavy atom. The number of nitrogens with zero attached hydrogens (tertiary/aromatic N) is 2. The number of pyridine rings is 2. The number of allylic oxidation sites excluding steroid dienone is 1. The van der Waals surface area contributed by atoms with Crippen molar-refractivity contribution in [3.05, 3.63) is 36.0 Å². The number of fused-ring (bicyclic) bond motifs is 1. The van der Waals surface area contributed by atoms with E-state index in [0.29, 0.717) is 24.3 Å². The van der Waals surface area contributed by atoms with Gasteiger partial charge >= 0.3 is 0 Å². The predicted molar refractivity (Wildman–Crippen MR) is 96.9 cm³/mol. The lowest BCUT2D eigenvalue weighted by atomic mass is 9.79. The van der Waals surface area contributed by atoms with Gasteiger partial charge in [-0.1, -0.05) is 12.2 Å². The van der Waals surface area contributed by atoms with E-state index in [1.54, 1.807) is 0 Å². The molecule has 2 aromatic rings. The van der Waals surface area contributed by atoms with Crippen molar-refractivity contribution in [3.63, 3.8) is 0 Å². The van der Waals surface area contributed by atoms with E-state index < -0.39 is 0 Å². The van der Waals surface area contributed by atoms with Gasteiger partial charge in [0.05, 0.1) is 23.7 Å². The summed E-state index contributed by atoms with van der Waals surface area (Å²) in [4.78, 5) is 8.98. The van der Waals surface area contributed by atoms with Crippen LogP contribution in [0.25, 0.3) is 17.1 Å². The molecule has 2 aromatic heterocycles. The van der Waals surface area contributed by atoms with E-state index in [1.165, 1.54) is 0 Å². The minimum absolute atomic E-state index is 0.180. The van der Waals surface area contributed by atoms with Crippen molar-refractivity contribution in [2.24, 2.45) is 11.8 Å². The Balaban J connectivity index is 1.76. The molecule has 0 amide bonds. The average Bonchev–Trinajstić information content (AvgIpc) is 2.60. The highest BCUT2D eigenvalue weighted by Crippen LogP contribution is 2.32. The Hall–Kier alpha value is -1.94. The molecule has 24 heavy (non-hydrogen) atoms. The first kappa shape index (κ1) is 16.9. The Morgan fingerprint density at radius 1 is 1.25 bits per heavy atom. The summed E-state index contributed by atoms with van der Waals surface area (Å²) in [6.07, 6.45) is 10.6. The molecule has 0 radical (unpaired) electrons. The second kappa shape index (κ2) is 7.75. The van der Waals surface area contributed by atoms with E-state index in [-0.39, 0.29) is 6.10 Å². The lowest BCUT2D eigenvalue weighted by Gasteiger charge is -2.28. The van der Waals surface area contributed by atoms with Gasteiger partial charge in [-0.2, -0.15) is 0 Å². The highest BCUT2D eigenvalue weighted by atomic mass is 16.5. The van der Waals surface area contributed by atoms with E-state index in [1.807, 2.05) is 38.2 Å². The van der Waals surface area contributed by atoms with Crippen LogP contribution in [0.15, 0.2) is 30.5 Å². The molecule has 2 heterocycles. The standard InChI is InChI=1S/C20H26N2O2/c1-3-24-19-11-10-18-20(22-19)17(12-13-21-18)9-6-15-4-7-16(8-5-15)14(2)23/h6,9-16,23H,3-5,7-8H2,1-2H3. The van der Waals surface area contributed by atoms with Crippen LogP contribution < -0.4 is 4.74 Å². The predicted octanol–water partition coefficient (Wildman–Crippen LogP) is 4.23. The molecule has 1 aliphatic rings. The molecule has 0 spiro atoms. The SMILES string of the molecule is CCOc1ccc2nccc(C=CC3CCC(C(C)O)CC3)c2n1. The molecule has 1 atom stereocenters. The zero-order valence-electron chi connectivity index (χ0n) is 14.5. The quantitative estimate of drug-likeness (QED) is 0.893. The normalized spacial score (nSPS) is 22.8. The average molecular weight is 326 g/mol. The fraction of sp³-hybridized carbons (Fsp3) is 0.500. The van der Waals surface area contributed by atoms with Gasteiger partial charge in [-0.3, -0.25) is 4.98 Å². The zero-order chi connectivity index (χ0) is 16.9. The maximum Gasteiger partial charge on any atom is 0.213 e. The summed E-state index contributed by atoms with van der Waals surface area (Å²) >= 11 is 0. The maximum atomic E-state index is 9.71. The van der Waals surface area contributed by atoms with Gasteiger partial charge in [-0.25, -0.2) is 4.98 Å². The summed E-state index contributed by atoms with van der Waals surface area (Å²) in [7, 11) is 0. The van der Waals surface area contributed by atoms with Crippen LogP contribution in [0.4, 0.5) is 0 Å². The summed E-state index contributed by atoms with van der Waals surface area (Å²) in [6, 6.07) is 5.82. The van der Waals surface area contributed by atoms with Gasteiger partial charge in [0, 0.05) is 17.8 Å². The van der Waals surface area contributed by atoms with Gasteiger partial charge in [0.2, 0.25) is 5.88 Å². The molecule has 1 fully saturated rings. The largest absolute Gasteiger partial charge is 0.478 e. The fourth-order valence-corrected chi connectivity index (χ4v) is 3.45. The van der Waals surface area contributed by atoms with Gasteiger partial charge in [0.1, 0.15) is 0 Å². The Kier molecular flexibility index (Phi) is 5.46. The summed E-state index contributed by atoms with van der Waals surface area (Å²) in [6.45, 7) is 4.47. The maximum absolute atomic E-state index is 9.71. The molecule has 1 aliphatic carbocycles. The minimum Gasteiger partial charge on any atom is -0.478 e. The third kappa shape index (κ3) is 3.93. The summed E-state index contributed by atoms with van der Waals surface area (Å²) < 4.78 is 5.51. The third-order valence-corrected chi connectivity index (χ3v) is 4.93. The van der Waals surface area contributed by atoms with Gasteiger partial charge in [-0.15, -0.1) is 0 Å². The number of aliphatic hydroxyl groups is 1. The van der Waals surface area contributed by atoms with Crippen molar-refractivity contribution < 1.29 is 9.84 Å². The second-order valence-electron chi connectivity index (χ2n) is 6.62. The number of rotatable bonds is 5. The van der Waals surface area contributed by atoms with Gasteiger partial charge < -0.3 is 9.84 Å². The third-order valence-electron chi connectivity index (χ3n) is 4.93. The van der Waals surface area contributed by atoms with Crippen LogP contribution in [-0.4, -0.2) is 27.8 Å². The van der Waals surface area contributed by atoms with Crippen molar-refractivity contribution in [3.8, 4) is 5.88 Å². The fourth-order valence-electron chi connectivity index (χ4n) is 3.45. The van der Waals surface area contributed by atoms with Crippen LogP contribution in [0.1, 0.15) is 45.1 Å². The molecule has 128 valence electrons. The van der Waals surface area contributed by atoms with Crippen molar-refractivity contribution >= 4 is 17.1 Å². The molecule has 1 unspecified atom stereocenters. The molecular formula is C20H26N2O2. The summed E-state index contributed by atoms with van der Waals surface area (Å²) in [5, 5.41) is 9.71. The highest BCUT2D eigenvalue weighted by Gasteiger charge is 2.22. The van der Waals surface area contributed by atoms with Crippen molar-refractivity contribution in [1.29, 1.82) is 0 Å². The molecule has 0 aliphatic heterocycles. The number of hydrogen-bond donors (Lipinski definition) is 1. The first-order chi connectivity index (χ1) is 11.7. The van der Waals surface area contributed by atoms with Crippen LogP contribution in [0, 0.1) is 11.8 Å². The number of aromatic nitrogens is 2. The number of ether oxygens (including phenoxy) is 1. The van der Waals surface area contributed by atoms with Gasteiger partial charge in [0.15, 0.2) is 0 Å². The van der Waals surface area contributed by atoms with Crippen LogP contribution in [-0.2, 0) is 0 Å². The minimum atomic E-state index is -0.180. The molecule has 4 heteroatoms. The van der Waals surface area contributed by atoms with Crippen LogP contribution in [0.3, 0.4) is 0 Å². The molecular weight excluding hydrogens is 300 g/mol. The molecule has 1 saturated carbocycles. The van der Waals surface area contributed by atoms with Crippen molar-refractivity contribution in [1.82, 2.24) is 9.97 Å². The topological polar surface area (TPSA) is 55.2 Å². The molecule has 1 N–H and O–H groups in total. The van der Waals surface area contributed by atoms with E-state index in [2.05, 4.69) is 22.1 Å². The molecule has 0 saturated heterocycles. The van der Waals surface area contributed by atoms with Crippen LogP contribution >= 0.6 is 0 Å². The molecule has 0 aromatic carbocycles. The van der Waals surface area contributed by atoms with Gasteiger partial charge in [-0.05, 0) is 63.5 Å². The highest BCUT2D eigenvalue weighted by molar-refractivity contribution is 5.84. The lowest BCUT2D eigenvalue weighted by molar-refractivity contribution is 0.0940. The molecule has 3 rings (SSSR count). The Bertz CT molecular complexity index is 704. The molecule has 4 nitrogen and oxygen atoms in total. The van der Waals surface area contributed by atoms with Crippen LogP contribution in [0.5, 0.6) is 5.88 Å². The monoisotopic (exact) mass is 326 g/mol. The van der Waals surface area contributed by atoms with E-state index >= 15 is 0 Å². The lowest BCUT2D eigenvalue weighted by Crippen LogP contribution is -2.22. The van der Waals surface area contributed by atoms with E-state index in [9.17, 15) is 5.11 Å². The van der Waals surface area contributed by atoms with Crippen molar-refractivity contribution in [2.45, 2.75) is 45.6 Å². The van der Waals surface area contributed by atoms with Crippen LogP contribution in [0.2, 0.25) is 0 Å². The number of aliphatic hydroxyl groups excluding tert-OH is 1. The Morgan fingerprint density at radius 2 is 2.04 bits per heavy atom.